The number of carbonyl (C=O) groups excluding carboxylic acids is 1. The first kappa shape index (κ1) is 19.9. The van der Waals surface area contributed by atoms with Crippen LogP contribution in [0.25, 0.3) is 0 Å². The second kappa shape index (κ2) is 8.86. The lowest BCUT2D eigenvalue weighted by molar-refractivity contribution is -0.124. The molecule has 1 aliphatic heterocycles. The third-order valence-corrected chi connectivity index (χ3v) is 5.93. The van der Waals surface area contributed by atoms with Gasteiger partial charge in [0.15, 0.2) is 0 Å². The molecule has 1 aromatic carbocycles. The Bertz CT molecular complexity index is 663. The van der Waals surface area contributed by atoms with E-state index in [0.717, 1.165) is 58.4 Å². The maximum Gasteiger partial charge on any atom is 0.235 e. The molecule has 5 nitrogen and oxygen atoms in total. The lowest BCUT2D eigenvalue weighted by Gasteiger charge is -2.35. The summed E-state index contributed by atoms with van der Waals surface area (Å²) in [6.07, 6.45) is 3.65. The van der Waals surface area contributed by atoms with E-state index in [1.807, 2.05) is 0 Å². The van der Waals surface area contributed by atoms with Crippen molar-refractivity contribution >= 4 is 5.91 Å². The van der Waals surface area contributed by atoms with Gasteiger partial charge < -0.3 is 5.32 Å². The van der Waals surface area contributed by atoms with Crippen LogP contribution in [0.3, 0.4) is 0 Å². The van der Waals surface area contributed by atoms with Crippen molar-refractivity contribution in [3.05, 3.63) is 35.4 Å². The fraction of sp³-hybridized carbons (Fsp3) is 0.636. The monoisotopic (exact) mass is 368 g/mol. The number of piperazine rings is 1. The number of amides is 1. The summed E-state index contributed by atoms with van der Waals surface area (Å²) in [4.78, 5) is 17.0. The van der Waals surface area contributed by atoms with Crippen LogP contribution in [0, 0.1) is 11.3 Å². The number of benzene rings is 1. The van der Waals surface area contributed by atoms with Gasteiger partial charge in [0.1, 0.15) is 5.54 Å². The fourth-order valence-electron chi connectivity index (χ4n) is 4.12. The predicted molar refractivity (Wildman–Crippen MR) is 107 cm³/mol. The summed E-state index contributed by atoms with van der Waals surface area (Å²) in [5.74, 6) is 0.564. The van der Waals surface area contributed by atoms with Crippen LogP contribution >= 0.6 is 0 Å². The van der Waals surface area contributed by atoms with Crippen LogP contribution < -0.4 is 5.32 Å². The maximum absolute atomic E-state index is 12.4. The molecule has 0 bridgehead atoms. The SMILES string of the molecule is CC(C)c1ccc(CN2CCN(CC(=O)NC3(C#N)CCCC3)CC2)cc1. The number of nitrogens with one attached hydrogen (secondary N) is 1. The molecule has 3 rings (SSSR count). The Morgan fingerprint density at radius 2 is 1.70 bits per heavy atom. The van der Waals surface area contributed by atoms with Gasteiger partial charge in [-0.3, -0.25) is 14.6 Å². The van der Waals surface area contributed by atoms with Crippen molar-refractivity contribution in [1.82, 2.24) is 15.1 Å². The van der Waals surface area contributed by atoms with E-state index in [4.69, 9.17) is 0 Å². The molecule has 0 unspecified atom stereocenters. The summed E-state index contributed by atoms with van der Waals surface area (Å²) in [5.41, 5.74) is 2.12. The van der Waals surface area contributed by atoms with Gasteiger partial charge in [0.25, 0.3) is 0 Å². The Labute approximate surface area is 163 Å². The summed E-state index contributed by atoms with van der Waals surface area (Å²) in [5, 5.41) is 12.4. The third kappa shape index (κ3) is 5.31. The molecule has 1 amide bonds. The van der Waals surface area contributed by atoms with E-state index in [-0.39, 0.29) is 5.91 Å². The molecular formula is C22H32N4O. The van der Waals surface area contributed by atoms with Crippen molar-refractivity contribution in [3.8, 4) is 6.07 Å². The van der Waals surface area contributed by atoms with Crippen LogP contribution in [0.2, 0.25) is 0 Å². The van der Waals surface area contributed by atoms with E-state index < -0.39 is 5.54 Å². The van der Waals surface area contributed by atoms with Gasteiger partial charge in [0.05, 0.1) is 12.6 Å². The van der Waals surface area contributed by atoms with E-state index in [0.29, 0.717) is 12.5 Å². The topological polar surface area (TPSA) is 59.4 Å². The summed E-state index contributed by atoms with van der Waals surface area (Å²) < 4.78 is 0. The maximum atomic E-state index is 12.4. The van der Waals surface area contributed by atoms with Crippen LogP contribution in [0.4, 0.5) is 0 Å². The molecule has 1 heterocycles. The van der Waals surface area contributed by atoms with Crippen LogP contribution in [-0.2, 0) is 11.3 Å². The first-order valence-electron chi connectivity index (χ1n) is 10.3. The Hall–Kier alpha value is -1.90. The van der Waals surface area contributed by atoms with E-state index in [2.05, 4.69) is 59.3 Å². The van der Waals surface area contributed by atoms with Gasteiger partial charge in [0.2, 0.25) is 5.91 Å². The number of carbonyl (C=O) groups is 1. The minimum atomic E-state index is -0.610. The number of nitrogens with zero attached hydrogens (tertiary/aromatic N) is 3. The highest BCUT2D eigenvalue weighted by atomic mass is 16.2. The van der Waals surface area contributed by atoms with Gasteiger partial charge in [-0.1, -0.05) is 38.1 Å². The Kier molecular flexibility index (Phi) is 6.51. The quantitative estimate of drug-likeness (QED) is 0.839. The highest BCUT2D eigenvalue weighted by Gasteiger charge is 2.35. The molecule has 0 spiro atoms. The molecule has 0 aromatic heterocycles. The number of hydrogen-bond acceptors (Lipinski definition) is 4. The predicted octanol–water partition coefficient (Wildman–Crippen LogP) is 2.88. The smallest absolute Gasteiger partial charge is 0.235 e. The molecule has 0 radical (unpaired) electrons. The molecule has 1 aromatic rings. The number of rotatable bonds is 6. The Morgan fingerprint density at radius 1 is 1.11 bits per heavy atom. The first-order chi connectivity index (χ1) is 13.0. The van der Waals surface area contributed by atoms with Crippen LogP contribution in [0.15, 0.2) is 24.3 Å². The van der Waals surface area contributed by atoms with Crippen molar-refractivity contribution in [1.29, 1.82) is 5.26 Å². The van der Waals surface area contributed by atoms with Gasteiger partial charge >= 0.3 is 0 Å². The van der Waals surface area contributed by atoms with Crippen molar-refractivity contribution in [2.45, 2.75) is 57.5 Å². The zero-order valence-corrected chi connectivity index (χ0v) is 16.7. The Balaban J connectivity index is 1.42. The van der Waals surface area contributed by atoms with Gasteiger partial charge in [-0.15, -0.1) is 0 Å². The summed E-state index contributed by atoms with van der Waals surface area (Å²) in [6.45, 7) is 9.56. The lowest BCUT2D eigenvalue weighted by atomic mass is 10.00. The molecule has 2 fully saturated rings. The summed E-state index contributed by atoms with van der Waals surface area (Å²) in [7, 11) is 0. The van der Waals surface area contributed by atoms with E-state index in [1.54, 1.807) is 0 Å². The van der Waals surface area contributed by atoms with E-state index >= 15 is 0 Å². The molecule has 27 heavy (non-hydrogen) atoms. The second-order valence-corrected chi connectivity index (χ2v) is 8.40. The summed E-state index contributed by atoms with van der Waals surface area (Å²) >= 11 is 0. The molecular weight excluding hydrogens is 336 g/mol. The minimum Gasteiger partial charge on any atom is -0.337 e. The average Bonchev–Trinajstić information content (AvgIpc) is 3.12. The van der Waals surface area contributed by atoms with Gasteiger partial charge in [-0.05, 0) is 42.7 Å². The normalized spacial score (nSPS) is 20.5. The molecule has 146 valence electrons. The van der Waals surface area contributed by atoms with E-state index in [1.165, 1.54) is 11.1 Å². The third-order valence-electron chi connectivity index (χ3n) is 5.93. The number of hydrogen-bond donors (Lipinski definition) is 1. The van der Waals surface area contributed by atoms with Crippen LogP contribution in [-0.4, -0.2) is 54.0 Å². The second-order valence-electron chi connectivity index (χ2n) is 8.40. The molecule has 1 aliphatic carbocycles. The molecule has 5 heteroatoms. The van der Waals surface area contributed by atoms with E-state index in [9.17, 15) is 10.1 Å². The lowest BCUT2D eigenvalue weighted by Crippen LogP contribution is -2.52. The van der Waals surface area contributed by atoms with Crippen LogP contribution in [0.5, 0.6) is 0 Å². The molecule has 1 saturated carbocycles. The zero-order valence-electron chi connectivity index (χ0n) is 16.7. The molecule has 2 aliphatic rings. The van der Waals surface area contributed by atoms with Crippen LogP contribution in [0.1, 0.15) is 56.6 Å². The van der Waals surface area contributed by atoms with Crippen molar-refractivity contribution in [3.63, 3.8) is 0 Å². The zero-order chi connectivity index (χ0) is 19.3. The number of nitriles is 1. The molecule has 1 N–H and O–H groups in total. The first-order valence-corrected chi connectivity index (χ1v) is 10.3. The highest BCUT2D eigenvalue weighted by Crippen LogP contribution is 2.28. The average molecular weight is 369 g/mol. The van der Waals surface area contributed by atoms with Crippen molar-refractivity contribution in [2.24, 2.45) is 0 Å². The fourth-order valence-corrected chi connectivity index (χ4v) is 4.12. The van der Waals surface area contributed by atoms with Crippen molar-refractivity contribution in [2.75, 3.05) is 32.7 Å². The molecule has 0 atom stereocenters. The molecule has 1 saturated heterocycles. The van der Waals surface area contributed by atoms with Gasteiger partial charge in [0, 0.05) is 32.7 Å². The standard InChI is InChI=1S/C22H32N4O/c1-18(2)20-7-5-19(6-8-20)15-25-11-13-26(14-12-25)16-21(27)24-22(17-23)9-3-4-10-22/h5-8,18H,3-4,9-16H2,1-2H3,(H,24,27). The van der Waals surface area contributed by atoms with Gasteiger partial charge in [-0.25, -0.2) is 0 Å². The van der Waals surface area contributed by atoms with Crippen molar-refractivity contribution < 1.29 is 4.79 Å². The summed E-state index contributed by atoms with van der Waals surface area (Å²) in [6, 6.07) is 11.3. The minimum absolute atomic E-state index is 0.00354. The Morgan fingerprint density at radius 3 is 2.26 bits per heavy atom. The largest absolute Gasteiger partial charge is 0.337 e. The van der Waals surface area contributed by atoms with Gasteiger partial charge in [-0.2, -0.15) is 5.26 Å². The highest BCUT2D eigenvalue weighted by molar-refractivity contribution is 5.79.